The number of aliphatic hydroxyl groups is 1. The molecule has 2 rings (SSSR count). The summed E-state index contributed by atoms with van der Waals surface area (Å²) in [6, 6.07) is 6.34. The van der Waals surface area contributed by atoms with Gasteiger partial charge in [0.2, 0.25) is 0 Å². The number of benzene rings is 1. The number of anilines is 1. The molecule has 1 aliphatic heterocycles. The summed E-state index contributed by atoms with van der Waals surface area (Å²) in [6.07, 6.45) is 1.82. The third kappa shape index (κ3) is 2.58. The average Bonchev–Trinajstić information content (AvgIpc) is 2.86. The first-order valence-corrected chi connectivity index (χ1v) is 6.52. The number of hydrogen-bond acceptors (Lipinski definition) is 5. The fraction of sp³-hybridized carbons (Fsp3) is 0.500. The van der Waals surface area contributed by atoms with Crippen molar-refractivity contribution in [2.75, 3.05) is 11.4 Å². The maximum absolute atomic E-state index is 10.8. The van der Waals surface area contributed by atoms with Crippen molar-refractivity contribution in [3.05, 3.63) is 33.9 Å². The first-order chi connectivity index (χ1) is 9.34. The Labute approximate surface area is 117 Å². The normalized spacial score (nSPS) is 18.9. The van der Waals surface area contributed by atoms with Crippen molar-refractivity contribution >= 4 is 11.4 Å². The zero-order chi connectivity index (χ0) is 14.9. The monoisotopic (exact) mass is 275 g/mol. The van der Waals surface area contributed by atoms with Gasteiger partial charge in [0.15, 0.2) is 0 Å². The Morgan fingerprint density at radius 1 is 1.55 bits per heavy atom. The van der Waals surface area contributed by atoms with Crippen LogP contribution >= 0.6 is 0 Å². The van der Waals surface area contributed by atoms with Gasteiger partial charge in [-0.1, -0.05) is 0 Å². The molecule has 6 heteroatoms. The van der Waals surface area contributed by atoms with E-state index in [2.05, 4.69) is 0 Å². The minimum atomic E-state index is -0.856. The molecule has 20 heavy (non-hydrogen) atoms. The van der Waals surface area contributed by atoms with Gasteiger partial charge in [-0.2, -0.15) is 5.26 Å². The minimum Gasteiger partial charge on any atom is -0.388 e. The fourth-order valence-corrected chi connectivity index (χ4v) is 2.76. The van der Waals surface area contributed by atoms with Gasteiger partial charge >= 0.3 is 0 Å². The van der Waals surface area contributed by atoms with E-state index in [1.54, 1.807) is 19.9 Å². The van der Waals surface area contributed by atoms with Gasteiger partial charge in [0.1, 0.15) is 11.6 Å². The van der Waals surface area contributed by atoms with Crippen LogP contribution in [0.4, 0.5) is 11.4 Å². The van der Waals surface area contributed by atoms with Gasteiger partial charge in [-0.3, -0.25) is 10.1 Å². The van der Waals surface area contributed by atoms with Gasteiger partial charge in [0.05, 0.1) is 16.6 Å². The Kier molecular flexibility index (Phi) is 3.64. The molecule has 6 nitrogen and oxygen atoms in total. The quantitative estimate of drug-likeness (QED) is 0.674. The Morgan fingerprint density at radius 3 is 2.80 bits per heavy atom. The van der Waals surface area contributed by atoms with E-state index in [1.165, 1.54) is 12.1 Å². The molecule has 1 unspecified atom stereocenters. The lowest BCUT2D eigenvalue weighted by atomic mass is 9.96. The van der Waals surface area contributed by atoms with Gasteiger partial charge in [0.25, 0.3) is 5.69 Å². The molecule has 0 spiro atoms. The fourth-order valence-electron chi connectivity index (χ4n) is 2.76. The first-order valence-electron chi connectivity index (χ1n) is 6.52. The predicted octanol–water partition coefficient (Wildman–Crippen LogP) is 2.21. The zero-order valence-corrected chi connectivity index (χ0v) is 11.5. The maximum atomic E-state index is 10.8. The van der Waals surface area contributed by atoms with E-state index in [1.807, 2.05) is 11.0 Å². The zero-order valence-electron chi connectivity index (χ0n) is 11.5. The number of nitrogens with zero attached hydrogens (tertiary/aromatic N) is 3. The van der Waals surface area contributed by atoms with Crippen LogP contribution in [0.1, 0.15) is 32.3 Å². The molecule has 1 heterocycles. The maximum Gasteiger partial charge on any atom is 0.287 e. The van der Waals surface area contributed by atoms with Crippen molar-refractivity contribution < 1.29 is 10.0 Å². The Balaban J connectivity index is 2.39. The lowest BCUT2D eigenvalue weighted by Gasteiger charge is -2.35. The molecular formula is C14H17N3O3. The Bertz CT molecular complexity index is 572. The van der Waals surface area contributed by atoms with Crippen LogP contribution in [0.15, 0.2) is 18.2 Å². The van der Waals surface area contributed by atoms with Gasteiger partial charge in [0, 0.05) is 18.3 Å². The second-order valence-electron chi connectivity index (χ2n) is 5.58. The predicted molar refractivity (Wildman–Crippen MR) is 74.5 cm³/mol. The summed E-state index contributed by atoms with van der Waals surface area (Å²) in [7, 11) is 0. The van der Waals surface area contributed by atoms with E-state index < -0.39 is 10.5 Å². The van der Waals surface area contributed by atoms with Crippen molar-refractivity contribution in [2.45, 2.75) is 38.3 Å². The molecular weight excluding hydrogens is 258 g/mol. The highest BCUT2D eigenvalue weighted by Crippen LogP contribution is 2.33. The van der Waals surface area contributed by atoms with Crippen LogP contribution in [0.3, 0.4) is 0 Å². The molecule has 1 aromatic rings. The lowest BCUT2D eigenvalue weighted by molar-refractivity contribution is -0.385. The molecule has 1 atom stereocenters. The summed E-state index contributed by atoms with van der Waals surface area (Å²) in [4.78, 5) is 12.3. The minimum absolute atomic E-state index is 0.0458. The van der Waals surface area contributed by atoms with Gasteiger partial charge in [-0.05, 0) is 38.8 Å². The van der Waals surface area contributed by atoms with Crippen LogP contribution in [0.25, 0.3) is 0 Å². The largest absolute Gasteiger partial charge is 0.388 e. The molecule has 1 aliphatic rings. The summed E-state index contributed by atoms with van der Waals surface area (Å²) in [5, 5.41) is 30.1. The molecule has 0 radical (unpaired) electrons. The third-order valence-corrected chi connectivity index (χ3v) is 3.70. The molecule has 0 aromatic heterocycles. The van der Waals surface area contributed by atoms with E-state index in [9.17, 15) is 15.2 Å². The van der Waals surface area contributed by atoms with E-state index in [0.717, 1.165) is 25.1 Å². The Morgan fingerprint density at radius 2 is 2.25 bits per heavy atom. The van der Waals surface area contributed by atoms with Crippen molar-refractivity contribution in [2.24, 2.45) is 0 Å². The Hall–Kier alpha value is -2.13. The topological polar surface area (TPSA) is 90.4 Å². The summed E-state index contributed by atoms with van der Waals surface area (Å²) in [5.74, 6) is 0. The van der Waals surface area contributed by atoms with Crippen LogP contribution < -0.4 is 4.90 Å². The number of nitro benzene ring substituents is 1. The summed E-state index contributed by atoms with van der Waals surface area (Å²) < 4.78 is 0. The molecule has 1 aromatic carbocycles. The standard InChI is InChI=1S/C14H17N3O3/c1-14(2,18)13-4-3-7-16(13)11-5-6-12(17(19)20)10(8-11)9-15/h5-6,8,13,18H,3-4,7H2,1-2H3. The van der Waals surface area contributed by atoms with Crippen molar-refractivity contribution in [1.29, 1.82) is 5.26 Å². The number of rotatable bonds is 3. The van der Waals surface area contributed by atoms with Crippen LogP contribution in [-0.2, 0) is 0 Å². The first kappa shape index (κ1) is 14.3. The smallest absolute Gasteiger partial charge is 0.287 e. The number of nitro groups is 1. The summed E-state index contributed by atoms with van der Waals surface area (Å²) in [6.45, 7) is 4.29. The highest BCUT2D eigenvalue weighted by Gasteiger charge is 2.36. The van der Waals surface area contributed by atoms with Crippen molar-refractivity contribution in [3.63, 3.8) is 0 Å². The van der Waals surface area contributed by atoms with E-state index in [-0.39, 0.29) is 17.3 Å². The number of hydrogen-bond donors (Lipinski definition) is 1. The van der Waals surface area contributed by atoms with Crippen LogP contribution in [0.2, 0.25) is 0 Å². The van der Waals surface area contributed by atoms with Crippen LogP contribution in [0.5, 0.6) is 0 Å². The summed E-state index contributed by atoms with van der Waals surface area (Å²) in [5.41, 5.74) is -0.244. The molecule has 1 N–H and O–H groups in total. The average molecular weight is 275 g/mol. The lowest BCUT2D eigenvalue weighted by Crippen LogP contribution is -2.45. The van der Waals surface area contributed by atoms with Gasteiger partial charge < -0.3 is 10.0 Å². The molecule has 0 aliphatic carbocycles. The molecule has 0 bridgehead atoms. The number of nitriles is 1. The van der Waals surface area contributed by atoms with Crippen molar-refractivity contribution in [1.82, 2.24) is 0 Å². The van der Waals surface area contributed by atoms with Gasteiger partial charge in [-0.15, -0.1) is 0 Å². The molecule has 106 valence electrons. The summed E-state index contributed by atoms with van der Waals surface area (Å²) >= 11 is 0. The van der Waals surface area contributed by atoms with E-state index >= 15 is 0 Å². The van der Waals surface area contributed by atoms with E-state index in [4.69, 9.17) is 5.26 Å². The molecule has 1 saturated heterocycles. The highest BCUT2D eigenvalue weighted by molar-refractivity contribution is 5.60. The highest BCUT2D eigenvalue weighted by atomic mass is 16.6. The van der Waals surface area contributed by atoms with Gasteiger partial charge in [-0.25, -0.2) is 0 Å². The SMILES string of the molecule is CC(C)(O)C1CCCN1c1ccc([N+](=O)[O-])c(C#N)c1. The molecule has 1 fully saturated rings. The second kappa shape index (κ2) is 5.10. The third-order valence-electron chi connectivity index (χ3n) is 3.70. The molecule has 0 saturated carbocycles. The second-order valence-corrected chi connectivity index (χ2v) is 5.58. The van der Waals surface area contributed by atoms with Crippen LogP contribution in [0, 0.1) is 21.4 Å². The molecule has 0 amide bonds. The van der Waals surface area contributed by atoms with Crippen molar-refractivity contribution in [3.8, 4) is 6.07 Å². The van der Waals surface area contributed by atoms with E-state index in [0.29, 0.717) is 0 Å². The van der Waals surface area contributed by atoms with Crippen LogP contribution in [-0.4, -0.2) is 28.2 Å².